The fraction of sp³-hybridized carbons (Fsp3) is 0.562. The maximum atomic E-state index is 12.4. The predicted octanol–water partition coefficient (Wildman–Crippen LogP) is 1.39. The summed E-state index contributed by atoms with van der Waals surface area (Å²) in [7, 11) is 1.30. The molecular weight excluding hydrogens is 346 g/mol. The van der Waals surface area contributed by atoms with Crippen LogP contribution in [0.4, 0.5) is 10.5 Å². The molecule has 0 saturated carbocycles. The van der Waals surface area contributed by atoms with E-state index in [1.807, 2.05) is 0 Å². The van der Waals surface area contributed by atoms with Gasteiger partial charge in [-0.05, 0) is 24.3 Å². The molecule has 3 rings (SSSR count). The van der Waals surface area contributed by atoms with Crippen LogP contribution >= 0.6 is 11.3 Å². The lowest BCUT2D eigenvalue weighted by Crippen LogP contribution is -2.53. The molecule has 9 heteroatoms. The highest BCUT2D eigenvalue weighted by Gasteiger charge is 2.31. The van der Waals surface area contributed by atoms with Crippen molar-refractivity contribution in [2.45, 2.75) is 18.9 Å². The first-order chi connectivity index (χ1) is 12.1. The predicted molar refractivity (Wildman–Crippen MR) is 91.8 cm³/mol. The number of amides is 3. The molecule has 0 radical (unpaired) electrons. The lowest BCUT2D eigenvalue weighted by atomic mass is 10.2. The number of piperazine rings is 1. The summed E-state index contributed by atoms with van der Waals surface area (Å²) < 4.78 is 10.1. The minimum atomic E-state index is -0.475. The summed E-state index contributed by atoms with van der Waals surface area (Å²) in [4.78, 5) is 40.1. The summed E-state index contributed by atoms with van der Waals surface area (Å²) in [5.41, 5.74) is 0.444. The highest BCUT2D eigenvalue weighted by atomic mass is 32.1. The van der Waals surface area contributed by atoms with Crippen molar-refractivity contribution in [2.75, 3.05) is 45.2 Å². The fourth-order valence-electron chi connectivity index (χ4n) is 2.96. The Hall–Kier alpha value is -2.13. The fourth-order valence-corrected chi connectivity index (χ4v) is 3.72. The molecule has 3 heterocycles. The van der Waals surface area contributed by atoms with Crippen molar-refractivity contribution < 1.29 is 23.9 Å². The molecule has 1 atom stereocenters. The van der Waals surface area contributed by atoms with Gasteiger partial charge in [-0.3, -0.25) is 4.79 Å². The molecule has 3 amide bonds. The lowest BCUT2D eigenvalue weighted by Gasteiger charge is -2.35. The van der Waals surface area contributed by atoms with E-state index < -0.39 is 5.97 Å². The molecule has 25 heavy (non-hydrogen) atoms. The van der Waals surface area contributed by atoms with Gasteiger partial charge in [0.1, 0.15) is 11.0 Å². The Morgan fingerprint density at radius 1 is 1.24 bits per heavy atom. The molecule has 1 aromatic rings. The maximum absolute atomic E-state index is 12.4. The van der Waals surface area contributed by atoms with Crippen LogP contribution in [0.1, 0.15) is 22.5 Å². The average molecular weight is 367 g/mol. The summed E-state index contributed by atoms with van der Waals surface area (Å²) in [5, 5.41) is 4.47. The molecule has 2 fully saturated rings. The van der Waals surface area contributed by atoms with Gasteiger partial charge in [-0.25, -0.2) is 9.59 Å². The zero-order chi connectivity index (χ0) is 17.8. The summed E-state index contributed by atoms with van der Waals surface area (Å²) in [6, 6.07) is 1.39. The number of carbonyl (C=O) groups excluding carboxylic acids is 3. The number of ether oxygens (including phenoxy) is 2. The Labute approximate surface area is 149 Å². The first kappa shape index (κ1) is 17.7. The lowest BCUT2D eigenvalue weighted by molar-refractivity contribution is -0.142. The standard InChI is InChI=1S/C16H21N3O5S/c1-23-15(21)13-11(4-10-25-13)17-16(22)19-7-5-18(6-8-19)14(20)12-3-2-9-24-12/h4,10,12H,2-3,5-9H2,1H3,(H,17,22)/t12-/m1/s1. The number of esters is 1. The summed E-state index contributed by atoms with van der Waals surface area (Å²) in [6.45, 7) is 2.51. The Morgan fingerprint density at radius 3 is 2.60 bits per heavy atom. The smallest absolute Gasteiger partial charge is 0.350 e. The highest BCUT2D eigenvalue weighted by molar-refractivity contribution is 7.12. The van der Waals surface area contributed by atoms with Crippen molar-refractivity contribution in [3.8, 4) is 0 Å². The Morgan fingerprint density at radius 2 is 1.96 bits per heavy atom. The van der Waals surface area contributed by atoms with Gasteiger partial charge in [-0.2, -0.15) is 0 Å². The molecule has 136 valence electrons. The van der Waals surface area contributed by atoms with Crippen molar-refractivity contribution in [3.05, 3.63) is 16.3 Å². The SMILES string of the molecule is COC(=O)c1sccc1NC(=O)N1CCN(C(=O)[C@H]2CCCO2)CC1. The van der Waals surface area contributed by atoms with E-state index >= 15 is 0 Å². The van der Waals surface area contributed by atoms with Crippen molar-refractivity contribution >= 4 is 34.9 Å². The largest absolute Gasteiger partial charge is 0.465 e. The van der Waals surface area contributed by atoms with Crippen LogP contribution in [-0.4, -0.2) is 73.7 Å². The van der Waals surface area contributed by atoms with E-state index in [1.165, 1.54) is 18.4 Å². The third-order valence-electron chi connectivity index (χ3n) is 4.36. The number of thiophene rings is 1. The van der Waals surface area contributed by atoms with Crippen molar-refractivity contribution in [2.24, 2.45) is 0 Å². The molecule has 0 aliphatic carbocycles. The number of hydrogen-bond donors (Lipinski definition) is 1. The molecule has 2 aliphatic rings. The van der Waals surface area contributed by atoms with Crippen molar-refractivity contribution in [3.63, 3.8) is 0 Å². The second-order valence-corrected chi connectivity index (χ2v) is 6.82. The number of methoxy groups -OCH3 is 1. The average Bonchev–Trinajstić information content (AvgIpc) is 3.32. The summed E-state index contributed by atoms with van der Waals surface area (Å²) >= 11 is 1.21. The highest BCUT2D eigenvalue weighted by Crippen LogP contribution is 2.23. The third-order valence-corrected chi connectivity index (χ3v) is 5.26. The van der Waals surface area contributed by atoms with Gasteiger partial charge in [0, 0.05) is 32.8 Å². The van der Waals surface area contributed by atoms with Crippen LogP contribution in [0.3, 0.4) is 0 Å². The molecule has 0 aromatic carbocycles. The van der Waals surface area contributed by atoms with E-state index in [2.05, 4.69) is 5.32 Å². The van der Waals surface area contributed by atoms with Gasteiger partial charge >= 0.3 is 12.0 Å². The van der Waals surface area contributed by atoms with Crippen LogP contribution in [0.25, 0.3) is 0 Å². The zero-order valence-electron chi connectivity index (χ0n) is 14.0. The minimum Gasteiger partial charge on any atom is -0.465 e. The number of anilines is 1. The van der Waals surface area contributed by atoms with Crippen LogP contribution in [0.2, 0.25) is 0 Å². The van der Waals surface area contributed by atoms with Crippen LogP contribution in [0, 0.1) is 0 Å². The van der Waals surface area contributed by atoms with E-state index in [9.17, 15) is 14.4 Å². The normalized spacial score (nSPS) is 20.4. The van der Waals surface area contributed by atoms with E-state index in [4.69, 9.17) is 9.47 Å². The van der Waals surface area contributed by atoms with Gasteiger partial charge < -0.3 is 24.6 Å². The van der Waals surface area contributed by atoms with Crippen LogP contribution in [0.15, 0.2) is 11.4 Å². The van der Waals surface area contributed by atoms with Gasteiger partial charge in [0.05, 0.1) is 12.8 Å². The summed E-state index contributed by atoms with van der Waals surface area (Å²) in [5.74, 6) is -0.458. The van der Waals surface area contributed by atoms with Gasteiger partial charge in [-0.15, -0.1) is 11.3 Å². The molecule has 0 bridgehead atoms. The van der Waals surface area contributed by atoms with E-state index in [0.29, 0.717) is 43.4 Å². The van der Waals surface area contributed by atoms with E-state index in [0.717, 1.165) is 12.8 Å². The molecule has 1 N–H and O–H groups in total. The Balaban J connectivity index is 1.52. The number of urea groups is 1. The molecule has 2 saturated heterocycles. The molecule has 8 nitrogen and oxygen atoms in total. The molecule has 1 aromatic heterocycles. The Bertz CT molecular complexity index is 648. The Kier molecular flexibility index (Phi) is 5.54. The van der Waals surface area contributed by atoms with Gasteiger partial charge in [0.25, 0.3) is 5.91 Å². The number of nitrogens with zero attached hydrogens (tertiary/aromatic N) is 2. The third kappa shape index (κ3) is 3.93. The second kappa shape index (κ2) is 7.83. The van der Waals surface area contributed by atoms with Crippen LogP contribution in [-0.2, 0) is 14.3 Å². The monoisotopic (exact) mass is 367 g/mol. The molecule has 0 spiro atoms. The van der Waals surface area contributed by atoms with Gasteiger partial charge in [0.2, 0.25) is 0 Å². The van der Waals surface area contributed by atoms with Crippen molar-refractivity contribution in [1.82, 2.24) is 9.80 Å². The van der Waals surface area contributed by atoms with Crippen LogP contribution in [0.5, 0.6) is 0 Å². The number of hydrogen-bond acceptors (Lipinski definition) is 6. The number of nitrogens with one attached hydrogen (secondary N) is 1. The molecule has 2 aliphatic heterocycles. The number of carbonyl (C=O) groups is 3. The zero-order valence-corrected chi connectivity index (χ0v) is 14.8. The quantitative estimate of drug-likeness (QED) is 0.816. The van der Waals surface area contributed by atoms with Crippen LogP contribution < -0.4 is 5.32 Å². The van der Waals surface area contributed by atoms with Gasteiger partial charge in [0.15, 0.2) is 0 Å². The molecular formula is C16H21N3O5S. The second-order valence-electron chi connectivity index (χ2n) is 5.90. The molecule has 0 unspecified atom stereocenters. The summed E-state index contributed by atoms with van der Waals surface area (Å²) in [6.07, 6.45) is 1.37. The minimum absolute atomic E-state index is 0.0170. The maximum Gasteiger partial charge on any atom is 0.350 e. The topological polar surface area (TPSA) is 88.2 Å². The first-order valence-corrected chi connectivity index (χ1v) is 9.10. The number of rotatable bonds is 3. The first-order valence-electron chi connectivity index (χ1n) is 8.22. The van der Waals surface area contributed by atoms with E-state index in [-0.39, 0.29) is 18.0 Å². The van der Waals surface area contributed by atoms with Crippen molar-refractivity contribution in [1.29, 1.82) is 0 Å². The van der Waals surface area contributed by atoms with E-state index in [1.54, 1.807) is 21.2 Å². The van der Waals surface area contributed by atoms with Gasteiger partial charge in [-0.1, -0.05) is 0 Å².